The fraction of sp³-hybridized carbons (Fsp3) is 0.143. The van der Waals surface area contributed by atoms with E-state index >= 15 is 0 Å². The van der Waals surface area contributed by atoms with Gasteiger partial charge in [-0.3, -0.25) is 4.40 Å². The Labute approximate surface area is 174 Å². The monoisotopic (exact) mass is 428 g/mol. The number of benzene rings is 1. The van der Waals surface area contributed by atoms with Gasteiger partial charge in [-0.1, -0.05) is 0 Å². The zero-order chi connectivity index (χ0) is 22.0. The highest BCUT2D eigenvalue weighted by atomic mass is 19.4. The van der Waals surface area contributed by atoms with E-state index in [2.05, 4.69) is 15.2 Å². The molecule has 3 aromatic heterocycles. The van der Waals surface area contributed by atoms with Gasteiger partial charge in [0.05, 0.1) is 12.2 Å². The summed E-state index contributed by atoms with van der Waals surface area (Å²) in [5, 5.41) is 7.87. The zero-order valence-electron chi connectivity index (χ0n) is 16.1. The van der Waals surface area contributed by atoms with Crippen LogP contribution in [0.4, 0.5) is 13.2 Å². The van der Waals surface area contributed by atoms with Gasteiger partial charge in [-0.2, -0.15) is 13.2 Å². The van der Waals surface area contributed by atoms with Crippen molar-refractivity contribution in [3.63, 3.8) is 0 Å². The lowest BCUT2D eigenvalue weighted by atomic mass is 10.1. The predicted octanol–water partition coefficient (Wildman–Crippen LogP) is 4.78. The van der Waals surface area contributed by atoms with Crippen LogP contribution in [0.2, 0.25) is 0 Å². The number of aromatic nitrogens is 4. The van der Waals surface area contributed by atoms with Crippen molar-refractivity contribution < 1.29 is 27.4 Å². The maximum Gasteiger partial charge on any atom is 0.416 e. The SMILES string of the molecule is CCOC(=O)c1nnc2cc(-c3cccnc3Oc3ccc(C(F)(F)F)cc3)ccn12. The van der Waals surface area contributed by atoms with Gasteiger partial charge in [0, 0.05) is 18.0 Å². The Bertz CT molecular complexity index is 1240. The van der Waals surface area contributed by atoms with Crippen molar-refractivity contribution in [2.45, 2.75) is 13.1 Å². The molecule has 0 atom stereocenters. The summed E-state index contributed by atoms with van der Waals surface area (Å²) in [5.41, 5.74) is 0.900. The molecule has 4 aromatic rings. The first-order chi connectivity index (χ1) is 14.9. The first-order valence-electron chi connectivity index (χ1n) is 9.19. The fourth-order valence-electron chi connectivity index (χ4n) is 2.91. The Kier molecular flexibility index (Phi) is 5.28. The highest BCUT2D eigenvalue weighted by Gasteiger charge is 2.30. The number of nitrogens with zero attached hydrogens (tertiary/aromatic N) is 4. The Morgan fingerprint density at radius 2 is 1.87 bits per heavy atom. The smallest absolute Gasteiger partial charge is 0.416 e. The molecule has 4 rings (SSSR count). The van der Waals surface area contributed by atoms with E-state index in [9.17, 15) is 18.0 Å². The largest absolute Gasteiger partial charge is 0.460 e. The van der Waals surface area contributed by atoms with E-state index in [0.29, 0.717) is 16.8 Å². The molecule has 0 saturated heterocycles. The molecule has 1 aromatic carbocycles. The second-order valence-electron chi connectivity index (χ2n) is 6.37. The Morgan fingerprint density at radius 1 is 1.10 bits per heavy atom. The van der Waals surface area contributed by atoms with Crippen LogP contribution in [0.3, 0.4) is 0 Å². The van der Waals surface area contributed by atoms with Crippen LogP contribution in [-0.2, 0) is 10.9 Å². The number of esters is 1. The second-order valence-corrected chi connectivity index (χ2v) is 6.37. The van der Waals surface area contributed by atoms with Crippen LogP contribution < -0.4 is 4.74 Å². The van der Waals surface area contributed by atoms with Gasteiger partial charge >= 0.3 is 12.1 Å². The van der Waals surface area contributed by atoms with Crippen molar-refractivity contribution in [1.82, 2.24) is 19.6 Å². The van der Waals surface area contributed by atoms with Crippen molar-refractivity contribution in [3.05, 3.63) is 72.3 Å². The molecule has 0 radical (unpaired) electrons. The summed E-state index contributed by atoms with van der Waals surface area (Å²) in [4.78, 5) is 16.2. The molecule has 0 aliphatic heterocycles. The number of alkyl halides is 3. The number of carbonyl (C=O) groups is 1. The minimum atomic E-state index is -4.43. The highest BCUT2D eigenvalue weighted by molar-refractivity contribution is 5.86. The molecule has 0 spiro atoms. The van der Waals surface area contributed by atoms with E-state index in [4.69, 9.17) is 9.47 Å². The van der Waals surface area contributed by atoms with Crippen LogP contribution >= 0.6 is 0 Å². The number of hydrogen-bond acceptors (Lipinski definition) is 6. The van der Waals surface area contributed by atoms with Gasteiger partial charge < -0.3 is 9.47 Å². The predicted molar refractivity (Wildman–Crippen MR) is 104 cm³/mol. The molecule has 0 fully saturated rings. The standard InChI is InChI=1S/C21H15F3N4O3/c1-2-30-20(29)18-27-26-17-12-13(9-11-28(17)18)16-4-3-10-25-19(16)31-15-7-5-14(6-8-15)21(22,23)24/h3-12H,2H2,1H3. The summed E-state index contributed by atoms with van der Waals surface area (Å²) in [6.07, 6.45) is -1.30. The minimum Gasteiger partial charge on any atom is -0.460 e. The van der Waals surface area contributed by atoms with Gasteiger partial charge in [-0.25, -0.2) is 9.78 Å². The summed E-state index contributed by atoms with van der Waals surface area (Å²) in [7, 11) is 0. The summed E-state index contributed by atoms with van der Waals surface area (Å²) < 4.78 is 50.5. The van der Waals surface area contributed by atoms with Crippen LogP contribution in [-0.4, -0.2) is 32.2 Å². The molecule has 0 unspecified atom stereocenters. The van der Waals surface area contributed by atoms with E-state index in [1.54, 1.807) is 37.4 Å². The average molecular weight is 428 g/mol. The number of carbonyl (C=O) groups excluding carboxylic acids is 1. The Hall–Kier alpha value is -3.95. The molecular weight excluding hydrogens is 413 g/mol. The van der Waals surface area contributed by atoms with Crippen molar-refractivity contribution in [1.29, 1.82) is 0 Å². The molecule has 31 heavy (non-hydrogen) atoms. The number of pyridine rings is 2. The van der Waals surface area contributed by atoms with Crippen molar-refractivity contribution >= 4 is 11.6 Å². The molecule has 10 heteroatoms. The van der Waals surface area contributed by atoms with Crippen LogP contribution in [0.5, 0.6) is 11.6 Å². The van der Waals surface area contributed by atoms with Crippen molar-refractivity contribution in [2.24, 2.45) is 0 Å². The molecule has 0 aliphatic carbocycles. The topological polar surface area (TPSA) is 78.6 Å². The van der Waals surface area contributed by atoms with Gasteiger partial charge in [0.1, 0.15) is 5.75 Å². The first kappa shape index (κ1) is 20.3. The molecular formula is C21H15F3N4O3. The van der Waals surface area contributed by atoms with Crippen LogP contribution in [0.1, 0.15) is 23.1 Å². The third kappa shape index (κ3) is 4.18. The van der Waals surface area contributed by atoms with Gasteiger partial charge in [-0.05, 0) is 61.0 Å². The number of fused-ring (bicyclic) bond motifs is 1. The molecule has 158 valence electrons. The minimum absolute atomic E-state index is 0.0517. The van der Waals surface area contributed by atoms with Gasteiger partial charge in [-0.15, -0.1) is 10.2 Å². The zero-order valence-corrected chi connectivity index (χ0v) is 16.1. The van der Waals surface area contributed by atoms with E-state index in [0.717, 1.165) is 12.1 Å². The van der Waals surface area contributed by atoms with E-state index in [-0.39, 0.29) is 24.1 Å². The second kappa shape index (κ2) is 8.05. The van der Waals surface area contributed by atoms with Gasteiger partial charge in [0.25, 0.3) is 0 Å². The van der Waals surface area contributed by atoms with E-state index < -0.39 is 17.7 Å². The average Bonchev–Trinajstić information content (AvgIpc) is 3.17. The lowest BCUT2D eigenvalue weighted by molar-refractivity contribution is -0.137. The summed E-state index contributed by atoms with van der Waals surface area (Å²) in [6, 6.07) is 11.2. The van der Waals surface area contributed by atoms with Gasteiger partial charge in [0.15, 0.2) is 5.65 Å². The van der Waals surface area contributed by atoms with Gasteiger partial charge in [0.2, 0.25) is 11.7 Å². The Morgan fingerprint density at radius 3 is 2.58 bits per heavy atom. The third-order valence-corrected chi connectivity index (χ3v) is 4.35. The quantitative estimate of drug-likeness (QED) is 0.426. The summed E-state index contributed by atoms with van der Waals surface area (Å²) in [6.45, 7) is 1.91. The van der Waals surface area contributed by atoms with Crippen LogP contribution in [0.25, 0.3) is 16.8 Å². The number of halogens is 3. The lowest BCUT2D eigenvalue weighted by Gasteiger charge is -2.11. The molecule has 0 amide bonds. The highest BCUT2D eigenvalue weighted by Crippen LogP contribution is 2.34. The van der Waals surface area contributed by atoms with Crippen LogP contribution in [0.15, 0.2) is 60.9 Å². The lowest BCUT2D eigenvalue weighted by Crippen LogP contribution is -2.09. The number of ether oxygens (including phenoxy) is 2. The van der Waals surface area contributed by atoms with E-state index in [1.165, 1.54) is 22.7 Å². The number of hydrogen-bond donors (Lipinski definition) is 0. The van der Waals surface area contributed by atoms with Crippen molar-refractivity contribution in [2.75, 3.05) is 6.61 Å². The maximum absolute atomic E-state index is 12.8. The van der Waals surface area contributed by atoms with Crippen molar-refractivity contribution in [3.8, 4) is 22.8 Å². The Balaban J connectivity index is 1.65. The fourth-order valence-corrected chi connectivity index (χ4v) is 2.91. The molecule has 0 saturated carbocycles. The van der Waals surface area contributed by atoms with E-state index in [1.807, 2.05) is 0 Å². The molecule has 0 bridgehead atoms. The van der Waals surface area contributed by atoms with Crippen LogP contribution in [0, 0.1) is 0 Å². The molecule has 3 heterocycles. The molecule has 0 N–H and O–H groups in total. The summed E-state index contributed by atoms with van der Waals surface area (Å²) >= 11 is 0. The summed E-state index contributed by atoms with van der Waals surface area (Å²) in [5.74, 6) is -0.121. The normalized spacial score (nSPS) is 11.5. The molecule has 7 nitrogen and oxygen atoms in total. The first-order valence-corrected chi connectivity index (χ1v) is 9.19. The molecule has 0 aliphatic rings. The maximum atomic E-state index is 12.8. The third-order valence-electron chi connectivity index (χ3n) is 4.35. The number of rotatable bonds is 5.